The average molecular weight is 247 g/mol. The predicted octanol–water partition coefficient (Wildman–Crippen LogP) is 4.46. The lowest BCUT2D eigenvalue weighted by atomic mass is 10.1. The lowest BCUT2D eigenvalue weighted by molar-refractivity contribution is 0.404. The van der Waals surface area contributed by atoms with Crippen LogP contribution in [-0.2, 0) is 0 Å². The highest BCUT2D eigenvalue weighted by Gasteiger charge is 2.09. The summed E-state index contributed by atoms with van der Waals surface area (Å²) in [5, 5.41) is 3.26. The van der Waals surface area contributed by atoms with Gasteiger partial charge in [0.25, 0.3) is 0 Å². The first-order valence-corrected chi connectivity index (χ1v) is 6.19. The predicted molar refractivity (Wildman–Crippen MR) is 79.8 cm³/mol. The Morgan fingerprint density at radius 3 is 2.28 bits per heavy atom. The third kappa shape index (κ3) is 6.14. The van der Waals surface area contributed by atoms with Gasteiger partial charge in [-0.1, -0.05) is 36.9 Å². The number of methoxy groups -OCH3 is 1. The number of nitrogens with one attached hydrogen (secondary N) is 1. The van der Waals surface area contributed by atoms with Crippen molar-refractivity contribution >= 4 is 0 Å². The van der Waals surface area contributed by atoms with Crippen LogP contribution in [0.5, 0.6) is 5.75 Å². The third-order valence-corrected chi connectivity index (χ3v) is 2.40. The van der Waals surface area contributed by atoms with Crippen LogP contribution in [0.25, 0.3) is 0 Å². The lowest BCUT2D eigenvalue weighted by Gasteiger charge is -2.17. The molecule has 2 heteroatoms. The molecule has 1 N–H and O–H groups in total. The molecule has 0 aromatic heterocycles. The summed E-state index contributed by atoms with van der Waals surface area (Å²) in [4.78, 5) is 0. The molecule has 0 saturated heterocycles. The van der Waals surface area contributed by atoms with E-state index >= 15 is 0 Å². The molecular weight excluding hydrogens is 222 g/mol. The minimum atomic E-state index is 0.226. The molecule has 1 atom stereocenters. The van der Waals surface area contributed by atoms with Gasteiger partial charge in [-0.2, -0.15) is 0 Å². The van der Waals surface area contributed by atoms with Crippen LogP contribution in [0.1, 0.15) is 39.3 Å². The van der Waals surface area contributed by atoms with Crippen molar-refractivity contribution in [3.8, 4) is 5.75 Å². The molecule has 0 bridgehead atoms. The Balaban J connectivity index is 0.000000631. The molecule has 0 aliphatic rings. The Labute approximate surface area is 111 Å². The second-order valence-electron chi connectivity index (χ2n) is 4.05. The van der Waals surface area contributed by atoms with Crippen LogP contribution in [0, 0.1) is 0 Å². The number of hydrogen-bond acceptors (Lipinski definition) is 2. The average Bonchev–Trinajstić information content (AvgIpc) is 2.38. The molecule has 0 saturated carbocycles. The maximum atomic E-state index is 5.28. The van der Waals surface area contributed by atoms with E-state index in [0.29, 0.717) is 0 Å². The summed E-state index contributed by atoms with van der Waals surface area (Å²) in [6.45, 7) is 11.9. The van der Waals surface area contributed by atoms with Gasteiger partial charge >= 0.3 is 0 Å². The summed E-state index contributed by atoms with van der Waals surface area (Å²) in [6.07, 6.45) is 4.00. The van der Waals surface area contributed by atoms with Crippen LogP contribution in [0.2, 0.25) is 0 Å². The molecule has 0 amide bonds. The lowest BCUT2D eigenvalue weighted by Crippen LogP contribution is -2.16. The normalized spacial score (nSPS) is 11.4. The number of allylic oxidation sites excluding steroid dienone is 3. The maximum absolute atomic E-state index is 5.28. The Hall–Kier alpha value is -1.70. The van der Waals surface area contributed by atoms with Crippen molar-refractivity contribution in [1.82, 2.24) is 5.32 Å². The molecule has 100 valence electrons. The molecular formula is C16H25NO. The first kappa shape index (κ1) is 16.3. The molecule has 0 heterocycles. The number of rotatable bonds is 4. The summed E-state index contributed by atoms with van der Waals surface area (Å²) in [7, 11) is 1.69. The van der Waals surface area contributed by atoms with Gasteiger partial charge in [-0.15, -0.1) is 0 Å². The summed E-state index contributed by atoms with van der Waals surface area (Å²) >= 11 is 0. The van der Waals surface area contributed by atoms with Crippen molar-refractivity contribution in [2.24, 2.45) is 0 Å². The van der Waals surface area contributed by atoms with Crippen molar-refractivity contribution < 1.29 is 4.74 Å². The fourth-order valence-corrected chi connectivity index (χ4v) is 1.47. The second kappa shape index (κ2) is 9.34. The number of hydrogen-bond donors (Lipinski definition) is 1. The van der Waals surface area contributed by atoms with Crippen molar-refractivity contribution in [1.29, 1.82) is 0 Å². The van der Waals surface area contributed by atoms with E-state index in [4.69, 9.17) is 4.74 Å². The molecule has 1 aromatic rings. The van der Waals surface area contributed by atoms with Gasteiger partial charge in [0, 0.05) is 11.3 Å². The SMILES string of the molecule is C/C=C\C.C=C(C)NC(C)c1ccccc1OC. The molecule has 2 nitrogen and oxygen atoms in total. The van der Waals surface area contributed by atoms with Crippen LogP contribution in [0.15, 0.2) is 48.7 Å². The fourth-order valence-electron chi connectivity index (χ4n) is 1.47. The largest absolute Gasteiger partial charge is 0.496 e. The highest BCUT2D eigenvalue weighted by molar-refractivity contribution is 5.35. The zero-order valence-electron chi connectivity index (χ0n) is 12.2. The van der Waals surface area contributed by atoms with Gasteiger partial charge in [0.15, 0.2) is 0 Å². The smallest absolute Gasteiger partial charge is 0.124 e. The van der Waals surface area contributed by atoms with E-state index in [1.807, 2.05) is 51.1 Å². The minimum absolute atomic E-state index is 0.226. The van der Waals surface area contributed by atoms with E-state index in [1.54, 1.807) is 7.11 Å². The standard InChI is InChI=1S/C12H17NO.C4H8/c1-9(2)13-10(3)11-7-5-6-8-12(11)14-4;1-3-4-2/h5-8,10,13H,1H2,2-4H3;3-4H,1-2H3/b;4-3-. The van der Waals surface area contributed by atoms with Crippen molar-refractivity contribution in [3.63, 3.8) is 0 Å². The van der Waals surface area contributed by atoms with Gasteiger partial charge in [-0.3, -0.25) is 0 Å². The van der Waals surface area contributed by atoms with Crippen LogP contribution < -0.4 is 10.1 Å². The number of benzene rings is 1. The topological polar surface area (TPSA) is 21.3 Å². The summed E-state index contributed by atoms with van der Waals surface area (Å²) in [5.41, 5.74) is 2.11. The molecule has 1 aromatic carbocycles. The molecule has 1 unspecified atom stereocenters. The Kier molecular flexibility index (Phi) is 8.46. The Morgan fingerprint density at radius 2 is 1.83 bits per heavy atom. The van der Waals surface area contributed by atoms with Crippen LogP contribution in [-0.4, -0.2) is 7.11 Å². The van der Waals surface area contributed by atoms with Crippen LogP contribution in [0.4, 0.5) is 0 Å². The van der Waals surface area contributed by atoms with Crippen molar-refractivity contribution in [3.05, 3.63) is 54.3 Å². The van der Waals surface area contributed by atoms with Gasteiger partial charge in [0.2, 0.25) is 0 Å². The van der Waals surface area contributed by atoms with Gasteiger partial charge in [0.05, 0.1) is 13.2 Å². The zero-order chi connectivity index (χ0) is 14.0. The first-order chi connectivity index (χ1) is 8.56. The third-order valence-electron chi connectivity index (χ3n) is 2.40. The van der Waals surface area contributed by atoms with E-state index in [1.165, 1.54) is 0 Å². The molecule has 0 fully saturated rings. The van der Waals surface area contributed by atoms with Gasteiger partial charge in [-0.05, 0) is 33.8 Å². The molecule has 0 aliphatic carbocycles. The van der Waals surface area contributed by atoms with Crippen LogP contribution >= 0.6 is 0 Å². The summed E-state index contributed by atoms with van der Waals surface area (Å²) in [6, 6.07) is 8.22. The number of ether oxygens (including phenoxy) is 1. The highest BCUT2D eigenvalue weighted by atomic mass is 16.5. The fraction of sp³-hybridized carbons (Fsp3) is 0.375. The van der Waals surface area contributed by atoms with E-state index in [0.717, 1.165) is 17.0 Å². The monoisotopic (exact) mass is 247 g/mol. The van der Waals surface area contributed by atoms with E-state index in [9.17, 15) is 0 Å². The molecule has 0 radical (unpaired) electrons. The Bertz CT molecular complexity index is 378. The summed E-state index contributed by atoms with van der Waals surface area (Å²) in [5.74, 6) is 0.911. The Morgan fingerprint density at radius 1 is 1.28 bits per heavy atom. The maximum Gasteiger partial charge on any atom is 0.124 e. The molecule has 0 aliphatic heterocycles. The van der Waals surface area contributed by atoms with Gasteiger partial charge in [0.1, 0.15) is 5.75 Å². The van der Waals surface area contributed by atoms with E-state index in [2.05, 4.69) is 24.9 Å². The molecule has 0 spiro atoms. The quantitative estimate of drug-likeness (QED) is 0.793. The zero-order valence-corrected chi connectivity index (χ0v) is 12.2. The van der Waals surface area contributed by atoms with Crippen LogP contribution in [0.3, 0.4) is 0 Å². The van der Waals surface area contributed by atoms with E-state index < -0.39 is 0 Å². The summed E-state index contributed by atoms with van der Waals surface area (Å²) < 4.78 is 5.28. The van der Waals surface area contributed by atoms with Crippen molar-refractivity contribution in [2.75, 3.05) is 7.11 Å². The van der Waals surface area contributed by atoms with E-state index in [-0.39, 0.29) is 6.04 Å². The number of para-hydroxylation sites is 1. The van der Waals surface area contributed by atoms with Crippen molar-refractivity contribution in [2.45, 2.75) is 33.7 Å². The van der Waals surface area contributed by atoms with Gasteiger partial charge < -0.3 is 10.1 Å². The molecule has 1 rings (SSSR count). The minimum Gasteiger partial charge on any atom is -0.496 e. The highest BCUT2D eigenvalue weighted by Crippen LogP contribution is 2.24. The second-order valence-corrected chi connectivity index (χ2v) is 4.05. The first-order valence-electron chi connectivity index (χ1n) is 6.19. The molecule has 18 heavy (non-hydrogen) atoms. The van der Waals surface area contributed by atoms with Gasteiger partial charge in [-0.25, -0.2) is 0 Å².